The molecule has 0 spiro atoms. The number of pyridine rings is 1. The number of fused-ring (bicyclic) bond motifs is 1. The minimum atomic E-state index is -4.86. The molecule has 244 valence electrons. The number of alkyl halides is 3. The van der Waals surface area contributed by atoms with Crippen molar-refractivity contribution >= 4 is 28.9 Å². The van der Waals surface area contributed by atoms with Crippen LogP contribution in [0.3, 0.4) is 0 Å². The van der Waals surface area contributed by atoms with E-state index in [4.69, 9.17) is 9.15 Å². The number of carbonyl (C=O) groups is 2. The van der Waals surface area contributed by atoms with E-state index in [1.807, 2.05) is 13.8 Å². The largest absolute Gasteiger partial charge is 0.573 e. The van der Waals surface area contributed by atoms with Crippen LogP contribution in [0.4, 0.5) is 23.8 Å². The van der Waals surface area contributed by atoms with Gasteiger partial charge in [0.1, 0.15) is 22.7 Å². The molecule has 1 atom stereocenters. The molecule has 0 unspecified atom stereocenters. The summed E-state index contributed by atoms with van der Waals surface area (Å²) < 4.78 is 54.4. The lowest BCUT2D eigenvalue weighted by atomic mass is 10.00. The molecule has 13 heteroatoms. The number of ether oxygens (including phenoxy) is 2. The highest BCUT2D eigenvalue weighted by Crippen LogP contribution is 2.35. The van der Waals surface area contributed by atoms with E-state index in [1.54, 1.807) is 49.4 Å². The van der Waals surface area contributed by atoms with E-state index in [9.17, 15) is 28.0 Å². The van der Waals surface area contributed by atoms with Gasteiger partial charge in [-0.3, -0.25) is 9.69 Å². The van der Waals surface area contributed by atoms with Crippen LogP contribution in [-0.4, -0.2) is 47.0 Å². The maximum Gasteiger partial charge on any atom is 0.573 e. The van der Waals surface area contributed by atoms with E-state index < -0.39 is 24.0 Å². The first-order chi connectivity index (χ1) is 22.8. The van der Waals surface area contributed by atoms with Crippen molar-refractivity contribution in [3.8, 4) is 34.4 Å². The average molecular weight is 656 g/mol. The summed E-state index contributed by atoms with van der Waals surface area (Å²) in [6.45, 7) is 5.75. The molecule has 1 saturated heterocycles. The molecular formula is C35H28F3N5O5. The zero-order valence-electron chi connectivity index (χ0n) is 26.0. The highest BCUT2D eigenvalue weighted by Gasteiger charge is 2.43. The van der Waals surface area contributed by atoms with Crippen LogP contribution >= 0.6 is 0 Å². The smallest absolute Gasteiger partial charge is 0.439 e. The summed E-state index contributed by atoms with van der Waals surface area (Å²) in [6, 6.07) is 21.0. The van der Waals surface area contributed by atoms with Crippen LogP contribution in [0.1, 0.15) is 48.2 Å². The van der Waals surface area contributed by atoms with E-state index >= 15 is 0 Å². The summed E-state index contributed by atoms with van der Waals surface area (Å²) in [4.78, 5) is 35.9. The van der Waals surface area contributed by atoms with E-state index in [0.717, 1.165) is 5.56 Å². The molecule has 5 aromatic rings. The number of rotatable bonds is 8. The van der Waals surface area contributed by atoms with Crippen molar-refractivity contribution in [2.75, 3.05) is 18.0 Å². The second-order valence-electron chi connectivity index (χ2n) is 11.8. The molecule has 1 fully saturated rings. The van der Waals surface area contributed by atoms with Crippen LogP contribution in [0.25, 0.3) is 33.7 Å². The first kappa shape index (κ1) is 32.1. The van der Waals surface area contributed by atoms with Gasteiger partial charge in [-0.05, 0) is 67.4 Å². The van der Waals surface area contributed by atoms with Crippen molar-refractivity contribution in [1.29, 1.82) is 5.26 Å². The number of oxazole rings is 1. The number of benzene rings is 3. The van der Waals surface area contributed by atoms with Crippen LogP contribution in [0.15, 0.2) is 83.4 Å². The van der Waals surface area contributed by atoms with Crippen LogP contribution in [0.5, 0.6) is 5.75 Å². The number of nitriles is 1. The molecule has 2 amide bonds. The Bertz CT molecular complexity index is 2050. The van der Waals surface area contributed by atoms with Gasteiger partial charge in [-0.2, -0.15) is 5.26 Å². The molecule has 1 aliphatic heterocycles. The molecule has 3 aromatic carbocycles. The van der Waals surface area contributed by atoms with E-state index in [-0.39, 0.29) is 36.1 Å². The zero-order chi connectivity index (χ0) is 34.2. The van der Waals surface area contributed by atoms with E-state index in [0.29, 0.717) is 39.2 Å². The summed E-state index contributed by atoms with van der Waals surface area (Å²) in [5.41, 5.74) is 3.03. The lowest BCUT2D eigenvalue weighted by Gasteiger charge is -2.22. The van der Waals surface area contributed by atoms with Crippen LogP contribution in [-0.2, 0) is 4.74 Å². The number of cyclic esters (lactones) is 1. The molecule has 6 rings (SSSR count). The number of nitrogens with one attached hydrogen (secondary N) is 1. The Morgan fingerprint density at radius 2 is 1.83 bits per heavy atom. The molecule has 3 heterocycles. The topological polar surface area (TPSA) is 131 Å². The third kappa shape index (κ3) is 6.64. The van der Waals surface area contributed by atoms with Gasteiger partial charge in [0.05, 0.1) is 24.7 Å². The van der Waals surface area contributed by atoms with Gasteiger partial charge in [-0.25, -0.2) is 14.8 Å². The second kappa shape index (κ2) is 12.4. The number of halogens is 3. The Labute approximate surface area is 272 Å². The van der Waals surface area contributed by atoms with Crippen LogP contribution in [0.2, 0.25) is 0 Å². The SMILES string of the molecule is CC(C)c1cc(C#N)cc2nc(-c3ccc(C(=O)NC[C@@]4(C)CN(c5ccc(-c6ccccc6OC(F)(F)F)cn5)C(=O)O4)cc3)oc12. The Kier molecular flexibility index (Phi) is 8.26. The van der Waals surface area contributed by atoms with Crippen molar-refractivity contribution in [3.63, 3.8) is 0 Å². The first-order valence-electron chi connectivity index (χ1n) is 14.9. The fraction of sp³-hybridized carbons (Fsp3) is 0.229. The predicted molar refractivity (Wildman–Crippen MR) is 169 cm³/mol. The maximum absolute atomic E-state index is 13.0. The zero-order valence-corrected chi connectivity index (χ0v) is 26.0. The van der Waals surface area contributed by atoms with Crippen molar-refractivity contribution in [1.82, 2.24) is 15.3 Å². The lowest BCUT2D eigenvalue weighted by Crippen LogP contribution is -2.43. The number of anilines is 1. The Balaban J connectivity index is 1.10. The summed E-state index contributed by atoms with van der Waals surface area (Å²) in [6.07, 6.45) is -4.20. The fourth-order valence-electron chi connectivity index (χ4n) is 5.40. The molecule has 0 aliphatic carbocycles. The average Bonchev–Trinajstić information content (AvgIpc) is 3.63. The Morgan fingerprint density at radius 3 is 2.50 bits per heavy atom. The number of aromatic nitrogens is 2. The number of nitrogens with zero attached hydrogens (tertiary/aromatic N) is 4. The monoisotopic (exact) mass is 655 g/mol. The predicted octanol–water partition coefficient (Wildman–Crippen LogP) is 7.60. The molecule has 0 bridgehead atoms. The number of hydrogen-bond acceptors (Lipinski definition) is 8. The first-order valence-corrected chi connectivity index (χ1v) is 14.9. The Morgan fingerprint density at radius 1 is 1.10 bits per heavy atom. The van der Waals surface area contributed by atoms with Gasteiger partial charge in [0.15, 0.2) is 5.58 Å². The molecule has 0 radical (unpaired) electrons. The summed E-state index contributed by atoms with van der Waals surface area (Å²) >= 11 is 0. The maximum atomic E-state index is 13.0. The molecule has 1 aliphatic rings. The van der Waals surface area contributed by atoms with Crippen molar-refractivity contribution < 1.29 is 36.7 Å². The number of amides is 2. The minimum Gasteiger partial charge on any atom is -0.439 e. The van der Waals surface area contributed by atoms with Gasteiger partial charge < -0.3 is 19.2 Å². The summed E-state index contributed by atoms with van der Waals surface area (Å²) in [5.74, 6) is -0.0552. The van der Waals surface area contributed by atoms with E-state index in [1.165, 1.54) is 41.4 Å². The van der Waals surface area contributed by atoms with Gasteiger partial charge in [-0.15, -0.1) is 13.2 Å². The number of para-hydroxylation sites is 1. The molecule has 0 saturated carbocycles. The molecule has 1 N–H and O–H groups in total. The third-order valence-electron chi connectivity index (χ3n) is 7.78. The molecule has 48 heavy (non-hydrogen) atoms. The van der Waals surface area contributed by atoms with Gasteiger partial charge in [0, 0.05) is 34.0 Å². The molecular weight excluding hydrogens is 627 g/mol. The fourth-order valence-corrected chi connectivity index (χ4v) is 5.40. The van der Waals surface area contributed by atoms with Crippen LogP contribution in [0, 0.1) is 11.3 Å². The normalized spacial score (nSPS) is 16.2. The van der Waals surface area contributed by atoms with Crippen molar-refractivity contribution in [2.24, 2.45) is 0 Å². The highest BCUT2D eigenvalue weighted by atomic mass is 19.4. The lowest BCUT2D eigenvalue weighted by molar-refractivity contribution is -0.274. The summed E-state index contributed by atoms with van der Waals surface area (Å²) in [7, 11) is 0. The van der Waals surface area contributed by atoms with Gasteiger partial charge in [0.25, 0.3) is 5.91 Å². The van der Waals surface area contributed by atoms with Crippen LogP contribution < -0.4 is 15.0 Å². The second-order valence-corrected chi connectivity index (χ2v) is 11.8. The third-order valence-corrected chi connectivity index (χ3v) is 7.78. The molecule has 10 nitrogen and oxygen atoms in total. The minimum absolute atomic E-state index is 0.000396. The van der Waals surface area contributed by atoms with E-state index in [2.05, 4.69) is 26.1 Å². The standard InChI is InChI=1S/C35H28F3N5O5/c1-20(2)26-14-21(16-39)15-27-30(26)46-32(42-27)23-10-8-22(9-11-23)31(44)41-18-34(3)19-43(33(45)48-34)29-13-12-24(17-40-29)25-6-4-5-7-28(25)47-35(36,37)38/h4-15,17,20H,18-19H2,1-3H3,(H,41,44)/t34-/m0/s1. The van der Waals surface area contributed by atoms with Crippen molar-refractivity contribution in [2.45, 2.75) is 38.7 Å². The number of hydrogen-bond donors (Lipinski definition) is 1. The summed E-state index contributed by atoms with van der Waals surface area (Å²) in [5, 5.41) is 12.2. The highest BCUT2D eigenvalue weighted by molar-refractivity contribution is 5.95. The Hall–Kier alpha value is -5.90. The molecule has 2 aromatic heterocycles. The van der Waals surface area contributed by atoms with Gasteiger partial charge in [-0.1, -0.05) is 32.0 Å². The van der Waals surface area contributed by atoms with Gasteiger partial charge >= 0.3 is 12.5 Å². The quantitative estimate of drug-likeness (QED) is 0.181. The number of carbonyl (C=O) groups excluding carboxylic acids is 2. The van der Waals surface area contributed by atoms with Gasteiger partial charge in [0.2, 0.25) is 5.89 Å². The van der Waals surface area contributed by atoms with Crippen molar-refractivity contribution in [3.05, 3.63) is 95.7 Å².